The normalized spacial score (nSPS) is 10.4. The quantitative estimate of drug-likeness (QED) is 0.694. The van der Waals surface area contributed by atoms with Crippen molar-refractivity contribution in [2.75, 3.05) is 0 Å². The van der Waals surface area contributed by atoms with Crippen molar-refractivity contribution in [2.24, 2.45) is 0 Å². The first-order valence-electron chi connectivity index (χ1n) is 7.94. The third-order valence-corrected chi connectivity index (χ3v) is 3.96. The van der Waals surface area contributed by atoms with Crippen LogP contribution in [0.4, 0.5) is 4.39 Å². The van der Waals surface area contributed by atoms with Gasteiger partial charge in [0.2, 0.25) is 5.88 Å². The number of carbonyl (C=O) groups excluding carboxylic acids is 1. The Kier molecular flexibility index (Phi) is 5.49. The van der Waals surface area contributed by atoms with Crippen molar-refractivity contribution >= 4 is 17.5 Å². The van der Waals surface area contributed by atoms with E-state index in [4.69, 9.17) is 16.3 Å². The summed E-state index contributed by atoms with van der Waals surface area (Å²) < 4.78 is 19.3. The molecule has 2 aromatic carbocycles. The van der Waals surface area contributed by atoms with Crippen molar-refractivity contribution in [1.82, 2.24) is 10.3 Å². The van der Waals surface area contributed by atoms with Gasteiger partial charge in [0.1, 0.15) is 17.1 Å². The van der Waals surface area contributed by atoms with Crippen LogP contribution in [0.3, 0.4) is 0 Å². The van der Waals surface area contributed by atoms with E-state index in [1.807, 2.05) is 43.3 Å². The van der Waals surface area contributed by atoms with Gasteiger partial charge in [-0.05, 0) is 36.2 Å². The van der Waals surface area contributed by atoms with Crippen LogP contribution in [-0.4, -0.2) is 10.9 Å². The van der Waals surface area contributed by atoms with Gasteiger partial charge in [-0.3, -0.25) is 4.79 Å². The molecule has 0 aliphatic carbocycles. The van der Waals surface area contributed by atoms with E-state index in [1.54, 1.807) is 12.1 Å². The van der Waals surface area contributed by atoms with Gasteiger partial charge in [-0.25, -0.2) is 9.37 Å². The Morgan fingerprint density at radius 3 is 2.73 bits per heavy atom. The summed E-state index contributed by atoms with van der Waals surface area (Å²) >= 11 is 6.12. The van der Waals surface area contributed by atoms with Crippen LogP contribution in [0.1, 0.15) is 21.5 Å². The third-order valence-electron chi connectivity index (χ3n) is 3.65. The molecule has 0 aliphatic heterocycles. The van der Waals surface area contributed by atoms with E-state index in [0.29, 0.717) is 17.3 Å². The van der Waals surface area contributed by atoms with E-state index in [0.717, 1.165) is 23.4 Å². The number of aryl methyl sites for hydroxylation is 1. The van der Waals surface area contributed by atoms with E-state index < -0.39 is 11.7 Å². The minimum atomic E-state index is -0.627. The first kappa shape index (κ1) is 17.9. The largest absolute Gasteiger partial charge is 0.437 e. The molecule has 4 nitrogen and oxygen atoms in total. The number of hydrogen-bond acceptors (Lipinski definition) is 3. The van der Waals surface area contributed by atoms with Crippen molar-refractivity contribution in [3.63, 3.8) is 0 Å². The second kappa shape index (κ2) is 7.97. The summed E-state index contributed by atoms with van der Waals surface area (Å²) in [5, 5.41) is 3.11. The molecule has 0 aliphatic rings. The fraction of sp³-hybridized carbons (Fsp3) is 0.100. The predicted octanol–water partition coefficient (Wildman–Crippen LogP) is 4.90. The maximum Gasteiger partial charge on any atom is 0.257 e. The highest BCUT2D eigenvalue weighted by atomic mass is 35.5. The monoisotopic (exact) mass is 370 g/mol. The van der Waals surface area contributed by atoms with Gasteiger partial charge in [0.05, 0.1) is 11.2 Å². The van der Waals surface area contributed by atoms with Gasteiger partial charge < -0.3 is 10.1 Å². The second-order valence-corrected chi connectivity index (χ2v) is 6.12. The van der Waals surface area contributed by atoms with Crippen LogP contribution in [0.25, 0.3) is 0 Å². The Hall–Kier alpha value is -2.92. The zero-order valence-corrected chi connectivity index (χ0v) is 14.8. The SMILES string of the molecule is Cc1ccc(Cl)c(Oc2ncc(F)cc2C(=O)NCc2ccccc2)c1. The van der Waals surface area contributed by atoms with E-state index >= 15 is 0 Å². The molecule has 0 fully saturated rings. The molecule has 0 bridgehead atoms. The molecule has 0 radical (unpaired) electrons. The predicted molar refractivity (Wildman–Crippen MR) is 98.1 cm³/mol. The number of ether oxygens (including phenoxy) is 1. The zero-order chi connectivity index (χ0) is 18.5. The van der Waals surface area contributed by atoms with Gasteiger partial charge in [0.25, 0.3) is 5.91 Å². The van der Waals surface area contributed by atoms with Gasteiger partial charge in [0, 0.05) is 6.54 Å². The topological polar surface area (TPSA) is 51.2 Å². The van der Waals surface area contributed by atoms with Crippen LogP contribution in [0.2, 0.25) is 5.02 Å². The molecule has 132 valence electrons. The molecule has 26 heavy (non-hydrogen) atoms. The molecule has 1 N–H and O–H groups in total. The summed E-state index contributed by atoms with van der Waals surface area (Å²) in [5.41, 5.74) is 1.86. The molecule has 3 rings (SSSR count). The standard InChI is InChI=1S/C20H16ClFN2O2/c1-13-7-8-17(21)18(9-13)26-20-16(10-15(22)12-24-20)19(25)23-11-14-5-3-2-4-6-14/h2-10,12H,11H2,1H3,(H,23,25). The fourth-order valence-corrected chi connectivity index (χ4v) is 2.49. The number of benzene rings is 2. The second-order valence-electron chi connectivity index (χ2n) is 5.71. The molecule has 0 spiro atoms. The summed E-state index contributed by atoms with van der Waals surface area (Å²) in [6.07, 6.45) is 0.993. The molecule has 0 atom stereocenters. The van der Waals surface area contributed by atoms with Crippen molar-refractivity contribution in [3.05, 3.63) is 88.3 Å². The summed E-state index contributed by atoms with van der Waals surface area (Å²) in [6, 6.07) is 15.7. The molecule has 1 aromatic heterocycles. The smallest absolute Gasteiger partial charge is 0.257 e. The molecule has 3 aromatic rings. The molecule has 0 saturated carbocycles. The first-order valence-corrected chi connectivity index (χ1v) is 8.32. The Morgan fingerprint density at radius 2 is 1.96 bits per heavy atom. The van der Waals surface area contributed by atoms with Crippen LogP contribution in [0, 0.1) is 12.7 Å². The highest BCUT2D eigenvalue weighted by molar-refractivity contribution is 6.32. The average Bonchev–Trinajstić information content (AvgIpc) is 2.65. The lowest BCUT2D eigenvalue weighted by Gasteiger charge is -2.12. The van der Waals surface area contributed by atoms with Crippen LogP contribution in [0.15, 0.2) is 60.8 Å². The fourth-order valence-electron chi connectivity index (χ4n) is 2.34. The lowest BCUT2D eigenvalue weighted by atomic mass is 10.2. The number of pyridine rings is 1. The maximum absolute atomic E-state index is 13.6. The van der Waals surface area contributed by atoms with Gasteiger partial charge in [-0.1, -0.05) is 48.0 Å². The molecule has 0 saturated heterocycles. The highest BCUT2D eigenvalue weighted by Gasteiger charge is 2.17. The number of rotatable bonds is 5. The van der Waals surface area contributed by atoms with Crippen molar-refractivity contribution in [1.29, 1.82) is 0 Å². The third kappa shape index (κ3) is 4.37. The van der Waals surface area contributed by atoms with Crippen molar-refractivity contribution in [2.45, 2.75) is 13.5 Å². The number of amides is 1. The molecule has 1 amide bonds. The zero-order valence-electron chi connectivity index (χ0n) is 14.0. The summed E-state index contributed by atoms with van der Waals surface area (Å²) in [6.45, 7) is 2.19. The van der Waals surface area contributed by atoms with Gasteiger partial charge >= 0.3 is 0 Å². The summed E-state index contributed by atoms with van der Waals surface area (Å²) in [4.78, 5) is 16.4. The Labute approximate surface area is 155 Å². The van der Waals surface area contributed by atoms with Gasteiger partial charge in [0.15, 0.2) is 0 Å². The molecular formula is C20H16ClFN2O2. The number of halogens is 2. The van der Waals surface area contributed by atoms with Gasteiger partial charge in [-0.2, -0.15) is 0 Å². The van der Waals surface area contributed by atoms with Crippen molar-refractivity contribution in [3.8, 4) is 11.6 Å². The number of aromatic nitrogens is 1. The average molecular weight is 371 g/mol. The number of nitrogens with one attached hydrogen (secondary N) is 1. The molecule has 6 heteroatoms. The van der Waals surface area contributed by atoms with E-state index in [-0.39, 0.29) is 11.4 Å². The molecule has 1 heterocycles. The number of carbonyl (C=O) groups is 1. The minimum absolute atomic E-state index is 0.00139. The van der Waals surface area contributed by atoms with E-state index in [9.17, 15) is 9.18 Å². The van der Waals surface area contributed by atoms with Crippen LogP contribution >= 0.6 is 11.6 Å². The Bertz CT molecular complexity index is 932. The Morgan fingerprint density at radius 1 is 1.19 bits per heavy atom. The lowest BCUT2D eigenvalue weighted by Crippen LogP contribution is -2.23. The number of hydrogen-bond donors (Lipinski definition) is 1. The lowest BCUT2D eigenvalue weighted by molar-refractivity contribution is 0.0947. The highest BCUT2D eigenvalue weighted by Crippen LogP contribution is 2.31. The molecular weight excluding hydrogens is 355 g/mol. The van der Waals surface area contributed by atoms with E-state index in [1.165, 1.54) is 0 Å². The van der Waals surface area contributed by atoms with Crippen LogP contribution < -0.4 is 10.1 Å². The minimum Gasteiger partial charge on any atom is -0.437 e. The van der Waals surface area contributed by atoms with Crippen LogP contribution in [-0.2, 0) is 6.54 Å². The van der Waals surface area contributed by atoms with Gasteiger partial charge in [-0.15, -0.1) is 0 Å². The van der Waals surface area contributed by atoms with E-state index in [2.05, 4.69) is 10.3 Å². The number of nitrogens with zero attached hydrogens (tertiary/aromatic N) is 1. The van der Waals surface area contributed by atoms with Crippen LogP contribution in [0.5, 0.6) is 11.6 Å². The molecule has 0 unspecified atom stereocenters. The summed E-state index contributed by atoms with van der Waals surface area (Å²) in [7, 11) is 0. The summed E-state index contributed by atoms with van der Waals surface area (Å²) in [5.74, 6) is -0.774. The first-order chi connectivity index (χ1) is 12.5. The maximum atomic E-state index is 13.6. The van der Waals surface area contributed by atoms with Crippen molar-refractivity contribution < 1.29 is 13.9 Å². The Balaban J connectivity index is 1.83.